The summed E-state index contributed by atoms with van der Waals surface area (Å²) in [4.78, 5) is 38.0. The van der Waals surface area contributed by atoms with E-state index in [1.807, 2.05) is 48.5 Å². The van der Waals surface area contributed by atoms with E-state index in [2.05, 4.69) is 5.32 Å². The average molecular weight is 497 g/mol. The Morgan fingerprint density at radius 2 is 1.67 bits per heavy atom. The molecule has 9 heteroatoms. The number of alkyl carbamates (subject to hydrolysis) is 1. The lowest BCUT2D eigenvalue weighted by atomic mass is 9.98. The molecular formula is C27H32N2O7. The number of fused-ring (bicyclic) bond motifs is 3. The number of carbonyl (C=O) groups excluding carboxylic acids is 2. The molecule has 2 atom stereocenters. The third kappa shape index (κ3) is 5.96. The lowest BCUT2D eigenvalue weighted by Gasteiger charge is -2.24. The maximum Gasteiger partial charge on any atom is 0.410 e. The summed E-state index contributed by atoms with van der Waals surface area (Å²) < 4.78 is 16.5. The molecule has 36 heavy (non-hydrogen) atoms. The molecule has 2 amide bonds. The van der Waals surface area contributed by atoms with Gasteiger partial charge in [0.15, 0.2) is 6.04 Å². The standard InChI is InChI=1S/C27H32N2O7/c1-27(2,3)36-26(33)29-13-12-17(14-29)34-16-23(24(30)31)28-25(32)35-15-22-20-10-6-4-8-18(20)19-9-5-7-11-21(19)22/h4-11,17,22-23H,12-16H2,1-3H3,(H,28,32)(H,30,31)/t17-,23-/m0/s1. The largest absolute Gasteiger partial charge is 0.480 e. The summed E-state index contributed by atoms with van der Waals surface area (Å²) in [6, 6.07) is 14.7. The minimum atomic E-state index is -1.28. The second-order valence-corrected chi connectivity index (χ2v) is 10.0. The number of nitrogens with zero attached hydrogens (tertiary/aromatic N) is 1. The number of rotatable bonds is 7. The molecule has 9 nitrogen and oxygen atoms in total. The predicted molar refractivity (Wildman–Crippen MR) is 132 cm³/mol. The predicted octanol–water partition coefficient (Wildman–Crippen LogP) is 4.00. The topological polar surface area (TPSA) is 114 Å². The van der Waals surface area contributed by atoms with E-state index in [1.54, 1.807) is 20.8 Å². The second-order valence-electron chi connectivity index (χ2n) is 10.0. The number of carbonyl (C=O) groups is 3. The van der Waals surface area contributed by atoms with Gasteiger partial charge in [-0.2, -0.15) is 0 Å². The molecule has 0 unspecified atom stereocenters. The van der Waals surface area contributed by atoms with Crippen molar-refractivity contribution in [3.05, 3.63) is 59.7 Å². The van der Waals surface area contributed by atoms with Gasteiger partial charge in [-0.15, -0.1) is 0 Å². The van der Waals surface area contributed by atoms with E-state index in [0.29, 0.717) is 19.5 Å². The van der Waals surface area contributed by atoms with Crippen molar-refractivity contribution in [1.29, 1.82) is 0 Å². The van der Waals surface area contributed by atoms with Gasteiger partial charge in [0.1, 0.15) is 12.2 Å². The minimum Gasteiger partial charge on any atom is -0.480 e. The van der Waals surface area contributed by atoms with Crippen LogP contribution in [0.4, 0.5) is 9.59 Å². The average Bonchev–Trinajstić information content (AvgIpc) is 3.42. The maximum atomic E-state index is 12.5. The zero-order chi connectivity index (χ0) is 25.9. The van der Waals surface area contributed by atoms with Gasteiger partial charge in [-0.05, 0) is 49.4 Å². The van der Waals surface area contributed by atoms with E-state index in [9.17, 15) is 19.5 Å². The number of amides is 2. The van der Waals surface area contributed by atoms with Crippen LogP contribution in [0.25, 0.3) is 11.1 Å². The van der Waals surface area contributed by atoms with Crippen molar-refractivity contribution in [1.82, 2.24) is 10.2 Å². The second kappa shape index (κ2) is 10.6. The zero-order valence-electron chi connectivity index (χ0n) is 20.7. The van der Waals surface area contributed by atoms with Crippen LogP contribution in [0.5, 0.6) is 0 Å². The van der Waals surface area contributed by atoms with Crippen LogP contribution in [0, 0.1) is 0 Å². The van der Waals surface area contributed by atoms with Crippen molar-refractivity contribution in [2.45, 2.75) is 50.9 Å². The van der Waals surface area contributed by atoms with Crippen LogP contribution < -0.4 is 5.32 Å². The van der Waals surface area contributed by atoms with Crippen molar-refractivity contribution in [2.24, 2.45) is 0 Å². The molecule has 2 aromatic carbocycles. The van der Waals surface area contributed by atoms with Gasteiger partial charge in [-0.3, -0.25) is 0 Å². The van der Waals surface area contributed by atoms with Gasteiger partial charge in [-0.1, -0.05) is 48.5 Å². The Bertz CT molecular complexity index is 1080. The molecule has 1 fully saturated rings. The molecule has 0 aromatic heterocycles. The molecule has 0 spiro atoms. The molecule has 1 heterocycles. The van der Waals surface area contributed by atoms with Crippen molar-refractivity contribution in [3.63, 3.8) is 0 Å². The number of carboxylic acids is 1. The first-order chi connectivity index (χ1) is 17.1. The number of benzene rings is 2. The maximum absolute atomic E-state index is 12.5. The van der Waals surface area contributed by atoms with E-state index in [0.717, 1.165) is 22.3 Å². The monoisotopic (exact) mass is 496 g/mol. The van der Waals surface area contributed by atoms with Gasteiger partial charge in [-0.25, -0.2) is 14.4 Å². The zero-order valence-corrected chi connectivity index (χ0v) is 20.7. The molecule has 0 radical (unpaired) electrons. The number of hydrogen-bond donors (Lipinski definition) is 2. The van der Waals surface area contributed by atoms with E-state index in [4.69, 9.17) is 14.2 Å². The highest BCUT2D eigenvalue weighted by molar-refractivity contribution is 5.81. The first-order valence-corrected chi connectivity index (χ1v) is 12.1. The Kier molecular flexibility index (Phi) is 7.49. The van der Waals surface area contributed by atoms with Crippen LogP contribution in [0.15, 0.2) is 48.5 Å². The fourth-order valence-corrected chi connectivity index (χ4v) is 4.55. The summed E-state index contributed by atoms with van der Waals surface area (Å²) >= 11 is 0. The van der Waals surface area contributed by atoms with E-state index >= 15 is 0 Å². The van der Waals surface area contributed by atoms with Gasteiger partial charge in [0, 0.05) is 12.5 Å². The fraction of sp³-hybridized carbons (Fsp3) is 0.444. The van der Waals surface area contributed by atoms with Gasteiger partial charge in [0.2, 0.25) is 0 Å². The summed E-state index contributed by atoms with van der Waals surface area (Å²) in [5.41, 5.74) is 3.75. The molecule has 192 valence electrons. The highest BCUT2D eigenvalue weighted by Gasteiger charge is 2.33. The summed E-state index contributed by atoms with van der Waals surface area (Å²) in [7, 11) is 0. The summed E-state index contributed by atoms with van der Waals surface area (Å²) in [6.07, 6.45) is -1.05. The van der Waals surface area contributed by atoms with Gasteiger partial charge < -0.3 is 29.5 Å². The normalized spacial score (nSPS) is 17.8. The summed E-state index contributed by atoms with van der Waals surface area (Å²) in [5, 5.41) is 12.0. The van der Waals surface area contributed by atoms with Crippen LogP contribution in [0.2, 0.25) is 0 Å². The van der Waals surface area contributed by atoms with Gasteiger partial charge >= 0.3 is 18.2 Å². The molecule has 0 bridgehead atoms. The highest BCUT2D eigenvalue weighted by Crippen LogP contribution is 2.44. The lowest BCUT2D eigenvalue weighted by Crippen LogP contribution is -2.45. The Morgan fingerprint density at radius 3 is 2.25 bits per heavy atom. The first-order valence-electron chi connectivity index (χ1n) is 12.1. The van der Waals surface area contributed by atoms with E-state index < -0.39 is 29.8 Å². The van der Waals surface area contributed by atoms with Gasteiger partial charge in [0.25, 0.3) is 0 Å². The number of ether oxygens (including phenoxy) is 3. The molecule has 2 N–H and O–H groups in total. The molecule has 1 aliphatic carbocycles. The number of likely N-dealkylation sites (tertiary alicyclic amines) is 1. The Balaban J connectivity index is 1.28. The quantitative estimate of drug-likeness (QED) is 0.595. The summed E-state index contributed by atoms with van der Waals surface area (Å²) in [6.45, 7) is 5.97. The smallest absolute Gasteiger partial charge is 0.410 e. The Labute approximate surface area is 210 Å². The minimum absolute atomic E-state index is 0.0839. The number of nitrogens with one attached hydrogen (secondary N) is 1. The molecule has 1 saturated heterocycles. The Hall–Kier alpha value is -3.59. The SMILES string of the molecule is CC(C)(C)OC(=O)N1CC[C@H](OC[C@H](NC(=O)OCC2c3ccccc3-c3ccccc32)C(=O)O)C1. The molecular weight excluding hydrogens is 464 g/mol. The summed E-state index contributed by atoms with van der Waals surface area (Å²) in [5.74, 6) is -1.36. The lowest BCUT2D eigenvalue weighted by molar-refractivity contribution is -0.141. The van der Waals surface area contributed by atoms with Crippen molar-refractivity contribution in [3.8, 4) is 11.1 Å². The van der Waals surface area contributed by atoms with Crippen LogP contribution in [-0.4, -0.2) is 72.2 Å². The molecule has 4 rings (SSSR count). The van der Waals surface area contributed by atoms with Crippen LogP contribution in [0.3, 0.4) is 0 Å². The third-order valence-corrected chi connectivity index (χ3v) is 6.23. The number of aliphatic carboxylic acids is 1. The molecule has 2 aromatic rings. The van der Waals surface area contributed by atoms with E-state index in [-0.39, 0.29) is 25.2 Å². The fourth-order valence-electron chi connectivity index (χ4n) is 4.55. The van der Waals surface area contributed by atoms with E-state index in [1.165, 1.54) is 4.90 Å². The van der Waals surface area contributed by atoms with Gasteiger partial charge in [0.05, 0.1) is 19.3 Å². The van der Waals surface area contributed by atoms with Crippen LogP contribution in [0.1, 0.15) is 44.2 Å². The highest BCUT2D eigenvalue weighted by atomic mass is 16.6. The third-order valence-electron chi connectivity index (χ3n) is 6.23. The Morgan fingerprint density at radius 1 is 1.06 bits per heavy atom. The number of carboxylic acid groups (broad SMARTS) is 1. The first kappa shape index (κ1) is 25.5. The van der Waals surface area contributed by atoms with Crippen LogP contribution >= 0.6 is 0 Å². The van der Waals surface area contributed by atoms with Crippen molar-refractivity contribution in [2.75, 3.05) is 26.3 Å². The molecule has 2 aliphatic rings. The van der Waals surface area contributed by atoms with Crippen molar-refractivity contribution < 1.29 is 33.7 Å². The van der Waals surface area contributed by atoms with Crippen molar-refractivity contribution >= 4 is 18.2 Å². The van der Waals surface area contributed by atoms with Crippen LogP contribution in [-0.2, 0) is 19.0 Å². The molecule has 1 aliphatic heterocycles. The molecule has 0 saturated carbocycles. The number of hydrogen-bond acceptors (Lipinski definition) is 6.